The molecule has 0 bridgehead atoms. The Labute approximate surface area is 123 Å². The first-order valence-corrected chi connectivity index (χ1v) is 7.81. The largest absolute Gasteiger partial charge is 0.378 e. The number of carbonyl (C=O) groups excluding carboxylic acids is 1. The van der Waals surface area contributed by atoms with Crippen LogP contribution in [0.15, 0.2) is 35.7 Å². The Morgan fingerprint density at radius 2 is 2.05 bits per heavy atom. The summed E-state index contributed by atoms with van der Waals surface area (Å²) >= 11 is 1.86. The molecule has 0 radical (unpaired) electrons. The Bertz CT molecular complexity index is 603. The van der Waals surface area contributed by atoms with E-state index in [1.165, 1.54) is 29.7 Å². The summed E-state index contributed by atoms with van der Waals surface area (Å²) in [6.45, 7) is 0. The van der Waals surface area contributed by atoms with Gasteiger partial charge in [0, 0.05) is 23.2 Å². The van der Waals surface area contributed by atoms with Crippen molar-refractivity contribution in [3.05, 3.63) is 51.7 Å². The Kier molecular flexibility index (Phi) is 3.74. The average molecular weight is 286 g/mol. The molecular weight excluding hydrogens is 268 g/mol. The van der Waals surface area contributed by atoms with E-state index in [1.54, 1.807) is 7.05 Å². The lowest BCUT2D eigenvalue weighted by Gasteiger charge is -2.24. The van der Waals surface area contributed by atoms with Crippen molar-refractivity contribution in [2.45, 2.75) is 25.3 Å². The van der Waals surface area contributed by atoms with Crippen LogP contribution in [0.3, 0.4) is 0 Å². The van der Waals surface area contributed by atoms with Crippen LogP contribution in [0.1, 0.15) is 39.7 Å². The van der Waals surface area contributed by atoms with E-state index in [1.807, 2.05) is 35.6 Å². The molecule has 0 saturated heterocycles. The van der Waals surface area contributed by atoms with Crippen molar-refractivity contribution >= 4 is 22.9 Å². The van der Waals surface area contributed by atoms with Crippen molar-refractivity contribution < 1.29 is 4.79 Å². The van der Waals surface area contributed by atoms with E-state index < -0.39 is 0 Å². The van der Waals surface area contributed by atoms with Crippen LogP contribution < -0.4 is 10.6 Å². The zero-order valence-electron chi connectivity index (χ0n) is 11.5. The second-order valence-corrected chi connectivity index (χ2v) is 6.05. The summed E-state index contributed by atoms with van der Waals surface area (Å²) in [4.78, 5) is 13.0. The molecule has 3 nitrogen and oxygen atoms in total. The smallest absolute Gasteiger partial charge is 0.251 e. The van der Waals surface area contributed by atoms with Crippen LogP contribution in [-0.2, 0) is 6.42 Å². The molecular formula is C16H18N2OS. The topological polar surface area (TPSA) is 41.1 Å². The van der Waals surface area contributed by atoms with Crippen LogP contribution in [0.2, 0.25) is 0 Å². The Balaban J connectivity index is 1.75. The van der Waals surface area contributed by atoms with Crippen LogP contribution in [0.25, 0.3) is 0 Å². The fourth-order valence-electron chi connectivity index (χ4n) is 2.70. The first-order valence-electron chi connectivity index (χ1n) is 6.93. The molecule has 1 amide bonds. The van der Waals surface area contributed by atoms with E-state index >= 15 is 0 Å². The highest BCUT2D eigenvalue weighted by Gasteiger charge is 2.20. The molecule has 1 unspecified atom stereocenters. The van der Waals surface area contributed by atoms with E-state index in [4.69, 9.17) is 0 Å². The van der Waals surface area contributed by atoms with Crippen LogP contribution in [-0.4, -0.2) is 13.0 Å². The van der Waals surface area contributed by atoms with Gasteiger partial charge in [-0.1, -0.05) is 0 Å². The van der Waals surface area contributed by atoms with Crippen LogP contribution in [0.4, 0.5) is 5.69 Å². The number of nitrogens with one attached hydrogen (secondary N) is 2. The number of anilines is 1. The molecule has 0 aliphatic heterocycles. The zero-order chi connectivity index (χ0) is 13.9. The number of hydrogen-bond acceptors (Lipinski definition) is 3. The lowest BCUT2D eigenvalue weighted by atomic mass is 9.94. The normalized spacial score (nSPS) is 17.4. The summed E-state index contributed by atoms with van der Waals surface area (Å²) in [5.41, 5.74) is 3.20. The number of thiophene rings is 1. The Hall–Kier alpha value is -1.81. The van der Waals surface area contributed by atoms with Crippen molar-refractivity contribution in [1.82, 2.24) is 5.32 Å². The van der Waals surface area contributed by atoms with Crippen molar-refractivity contribution in [3.63, 3.8) is 0 Å². The lowest BCUT2D eigenvalue weighted by Crippen LogP contribution is -2.18. The van der Waals surface area contributed by atoms with Crippen molar-refractivity contribution in [3.8, 4) is 0 Å². The molecule has 0 saturated carbocycles. The van der Waals surface area contributed by atoms with Gasteiger partial charge in [-0.15, -0.1) is 11.3 Å². The monoisotopic (exact) mass is 286 g/mol. The minimum atomic E-state index is -0.0469. The molecule has 1 aliphatic rings. The van der Waals surface area contributed by atoms with Crippen molar-refractivity contribution in [1.29, 1.82) is 0 Å². The Morgan fingerprint density at radius 1 is 1.25 bits per heavy atom. The molecule has 1 atom stereocenters. The predicted molar refractivity (Wildman–Crippen MR) is 83.5 cm³/mol. The van der Waals surface area contributed by atoms with E-state index in [9.17, 15) is 4.79 Å². The molecule has 1 aromatic heterocycles. The van der Waals surface area contributed by atoms with Crippen LogP contribution in [0, 0.1) is 0 Å². The number of aryl methyl sites for hydroxylation is 1. The standard InChI is InChI=1S/C16H18N2OS/c1-17-16(19)11-5-7-12(8-6-11)18-14-3-2-4-15-13(14)9-10-20-15/h5-10,14,18H,2-4H2,1H3,(H,17,19). The molecule has 0 fully saturated rings. The number of fused-ring (bicyclic) bond motifs is 1. The third-order valence-electron chi connectivity index (χ3n) is 3.77. The van der Waals surface area contributed by atoms with Gasteiger partial charge in [0.15, 0.2) is 0 Å². The fraction of sp³-hybridized carbons (Fsp3) is 0.312. The fourth-order valence-corrected chi connectivity index (χ4v) is 3.69. The van der Waals surface area contributed by atoms with Gasteiger partial charge in [0.1, 0.15) is 0 Å². The number of rotatable bonds is 3. The minimum Gasteiger partial charge on any atom is -0.378 e. The van der Waals surface area contributed by atoms with E-state index in [0.29, 0.717) is 11.6 Å². The van der Waals surface area contributed by atoms with E-state index in [-0.39, 0.29) is 5.91 Å². The Morgan fingerprint density at radius 3 is 2.80 bits per heavy atom. The zero-order valence-corrected chi connectivity index (χ0v) is 12.3. The SMILES string of the molecule is CNC(=O)c1ccc(NC2CCCc3sccc32)cc1. The molecule has 20 heavy (non-hydrogen) atoms. The van der Waals surface area contributed by atoms with E-state index in [2.05, 4.69) is 22.1 Å². The van der Waals surface area contributed by atoms with Crippen molar-refractivity contribution in [2.75, 3.05) is 12.4 Å². The molecule has 3 rings (SSSR count). The van der Waals surface area contributed by atoms with Gasteiger partial charge in [0.05, 0.1) is 6.04 Å². The maximum atomic E-state index is 11.5. The number of hydrogen-bond donors (Lipinski definition) is 2. The second-order valence-electron chi connectivity index (χ2n) is 5.04. The highest BCUT2D eigenvalue weighted by molar-refractivity contribution is 7.10. The molecule has 1 heterocycles. The van der Waals surface area contributed by atoms with Gasteiger partial charge >= 0.3 is 0 Å². The van der Waals surface area contributed by atoms with Gasteiger partial charge in [-0.25, -0.2) is 0 Å². The summed E-state index contributed by atoms with van der Waals surface area (Å²) in [5.74, 6) is -0.0469. The van der Waals surface area contributed by atoms with Gasteiger partial charge in [-0.2, -0.15) is 0 Å². The molecule has 104 valence electrons. The third-order valence-corrected chi connectivity index (χ3v) is 4.76. The summed E-state index contributed by atoms with van der Waals surface area (Å²) in [7, 11) is 1.65. The highest BCUT2D eigenvalue weighted by atomic mass is 32.1. The van der Waals surface area contributed by atoms with Crippen LogP contribution >= 0.6 is 11.3 Å². The summed E-state index contributed by atoms with van der Waals surface area (Å²) < 4.78 is 0. The minimum absolute atomic E-state index is 0.0469. The third kappa shape index (κ3) is 2.56. The predicted octanol–water partition coefficient (Wildman–Crippen LogP) is 3.60. The molecule has 2 N–H and O–H groups in total. The maximum Gasteiger partial charge on any atom is 0.251 e. The van der Waals surface area contributed by atoms with Crippen molar-refractivity contribution in [2.24, 2.45) is 0 Å². The second kappa shape index (κ2) is 5.67. The summed E-state index contributed by atoms with van der Waals surface area (Å²) in [6.07, 6.45) is 3.61. The van der Waals surface area contributed by atoms with Gasteiger partial charge in [0.2, 0.25) is 0 Å². The summed E-state index contributed by atoms with van der Waals surface area (Å²) in [5, 5.41) is 8.40. The highest BCUT2D eigenvalue weighted by Crippen LogP contribution is 2.35. The van der Waals surface area contributed by atoms with Crippen LogP contribution in [0.5, 0.6) is 0 Å². The number of carbonyl (C=O) groups is 1. The maximum absolute atomic E-state index is 11.5. The lowest BCUT2D eigenvalue weighted by molar-refractivity contribution is 0.0963. The van der Waals surface area contributed by atoms with Gasteiger partial charge in [0.25, 0.3) is 5.91 Å². The number of amides is 1. The van der Waals surface area contributed by atoms with Gasteiger partial charge in [-0.3, -0.25) is 4.79 Å². The molecule has 4 heteroatoms. The summed E-state index contributed by atoms with van der Waals surface area (Å²) in [6, 6.07) is 10.3. The first-order chi connectivity index (χ1) is 9.78. The van der Waals surface area contributed by atoms with Gasteiger partial charge in [-0.05, 0) is 60.5 Å². The quantitative estimate of drug-likeness (QED) is 0.905. The molecule has 0 spiro atoms. The van der Waals surface area contributed by atoms with Gasteiger partial charge < -0.3 is 10.6 Å². The van der Waals surface area contributed by atoms with E-state index in [0.717, 1.165) is 5.69 Å². The molecule has 1 aromatic carbocycles. The first kappa shape index (κ1) is 13.2. The molecule has 1 aliphatic carbocycles. The molecule has 2 aromatic rings. The average Bonchev–Trinajstić information content (AvgIpc) is 2.97. The number of benzene rings is 1.